The summed E-state index contributed by atoms with van der Waals surface area (Å²) in [5.74, 6) is 2.25. The largest absolute Gasteiger partial charge is 0.423 e. The molecule has 3 aliphatic rings. The van der Waals surface area contributed by atoms with E-state index < -0.39 is 0 Å². The standard InChI is InChI=1S/C25H28O3/c1-25-15-22-17(13-19(25)9-12-23(25)26)7-8-18-14-20(10-11-21(18)22)28-24(27)16-5-3-2-4-6-16/h2-6,10-11,14,17,19,22-23,26H,7-9,12-13,15H2,1H3/t17-,19+,22-,23+,25-/m1/s1. The van der Waals surface area contributed by atoms with Gasteiger partial charge in [-0.2, -0.15) is 0 Å². The van der Waals surface area contributed by atoms with Crippen molar-refractivity contribution in [2.45, 2.75) is 57.5 Å². The highest BCUT2D eigenvalue weighted by atomic mass is 16.5. The van der Waals surface area contributed by atoms with E-state index in [4.69, 9.17) is 4.74 Å². The predicted octanol–water partition coefficient (Wildman–Crippen LogP) is 5.12. The normalized spacial score (nSPS) is 33.5. The maximum atomic E-state index is 12.4. The summed E-state index contributed by atoms with van der Waals surface area (Å²) < 4.78 is 5.63. The second kappa shape index (κ2) is 6.73. The fraction of sp³-hybridized carbons (Fsp3) is 0.480. The molecule has 0 amide bonds. The van der Waals surface area contributed by atoms with Gasteiger partial charge in [0.05, 0.1) is 11.7 Å². The van der Waals surface area contributed by atoms with Crippen LogP contribution in [0, 0.1) is 17.3 Å². The van der Waals surface area contributed by atoms with Crippen molar-refractivity contribution in [3.8, 4) is 5.75 Å². The van der Waals surface area contributed by atoms with Crippen molar-refractivity contribution in [3.63, 3.8) is 0 Å². The van der Waals surface area contributed by atoms with Crippen LogP contribution in [-0.2, 0) is 6.42 Å². The number of rotatable bonds is 2. The molecule has 28 heavy (non-hydrogen) atoms. The van der Waals surface area contributed by atoms with Crippen LogP contribution >= 0.6 is 0 Å². The first-order valence-electron chi connectivity index (χ1n) is 10.6. The molecule has 1 N–H and O–H groups in total. The number of aryl methyl sites for hydroxylation is 1. The van der Waals surface area contributed by atoms with Crippen molar-refractivity contribution in [2.24, 2.45) is 17.3 Å². The van der Waals surface area contributed by atoms with Gasteiger partial charge in [0, 0.05) is 0 Å². The molecule has 0 aliphatic heterocycles. The monoisotopic (exact) mass is 376 g/mol. The zero-order valence-electron chi connectivity index (χ0n) is 16.4. The third kappa shape index (κ3) is 2.88. The number of hydrogen-bond acceptors (Lipinski definition) is 3. The van der Waals surface area contributed by atoms with E-state index in [1.807, 2.05) is 24.3 Å². The average Bonchev–Trinajstić information content (AvgIpc) is 3.00. The number of esters is 1. The number of carbonyl (C=O) groups excluding carboxylic acids is 1. The molecular formula is C25H28O3. The number of hydrogen-bond donors (Lipinski definition) is 1. The highest BCUT2D eigenvalue weighted by Gasteiger charge is 2.52. The second-order valence-corrected chi connectivity index (χ2v) is 9.26. The molecule has 0 unspecified atom stereocenters. The van der Waals surface area contributed by atoms with Gasteiger partial charge < -0.3 is 9.84 Å². The van der Waals surface area contributed by atoms with Gasteiger partial charge in [0.1, 0.15) is 5.75 Å². The van der Waals surface area contributed by atoms with E-state index in [2.05, 4.69) is 19.1 Å². The van der Waals surface area contributed by atoms with Gasteiger partial charge in [0.25, 0.3) is 0 Å². The molecule has 0 heterocycles. The first kappa shape index (κ1) is 17.9. The Hall–Kier alpha value is -2.13. The molecular weight excluding hydrogens is 348 g/mol. The molecule has 3 heteroatoms. The SMILES string of the molecule is C[C@@]12C[C@H]3c4ccc(OC(=O)c5ccccc5)cc4CC[C@@H]3C[C@@H]1CC[C@@H]2O. The van der Waals surface area contributed by atoms with Crippen molar-refractivity contribution in [3.05, 3.63) is 65.2 Å². The van der Waals surface area contributed by atoms with Crippen LogP contribution in [-0.4, -0.2) is 17.2 Å². The molecule has 2 fully saturated rings. The van der Waals surface area contributed by atoms with Gasteiger partial charge in [0.2, 0.25) is 0 Å². The lowest BCUT2D eigenvalue weighted by Crippen LogP contribution is -2.42. The number of benzene rings is 2. The minimum atomic E-state index is -0.309. The van der Waals surface area contributed by atoms with Gasteiger partial charge in [-0.3, -0.25) is 0 Å². The summed E-state index contributed by atoms with van der Waals surface area (Å²) in [4.78, 5) is 12.4. The maximum Gasteiger partial charge on any atom is 0.343 e. The van der Waals surface area contributed by atoms with E-state index >= 15 is 0 Å². The fourth-order valence-corrected chi connectivity index (χ4v) is 6.14. The highest BCUT2D eigenvalue weighted by Crippen LogP contribution is 2.60. The van der Waals surface area contributed by atoms with Crippen molar-refractivity contribution >= 4 is 5.97 Å². The smallest absolute Gasteiger partial charge is 0.343 e. The van der Waals surface area contributed by atoms with Crippen LogP contribution in [0.1, 0.15) is 66.4 Å². The zero-order valence-corrected chi connectivity index (χ0v) is 16.4. The quantitative estimate of drug-likeness (QED) is 0.584. The molecule has 0 bridgehead atoms. The van der Waals surface area contributed by atoms with Crippen molar-refractivity contribution in [1.29, 1.82) is 0 Å². The lowest BCUT2D eigenvalue weighted by molar-refractivity contribution is -0.0132. The van der Waals surface area contributed by atoms with Crippen LogP contribution < -0.4 is 4.74 Å². The zero-order chi connectivity index (χ0) is 19.3. The van der Waals surface area contributed by atoms with Crippen LogP contribution in [0.25, 0.3) is 0 Å². The van der Waals surface area contributed by atoms with Crippen molar-refractivity contribution in [1.82, 2.24) is 0 Å². The van der Waals surface area contributed by atoms with Gasteiger partial charge in [-0.15, -0.1) is 0 Å². The van der Waals surface area contributed by atoms with Crippen LogP contribution in [0.3, 0.4) is 0 Å². The molecule has 2 aromatic rings. The maximum absolute atomic E-state index is 12.4. The Kier molecular flexibility index (Phi) is 4.31. The first-order chi connectivity index (χ1) is 13.5. The van der Waals surface area contributed by atoms with E-state index in [9.17, 15) is 9.90 Å². The topological polar surface area (TPSA) is 46.5 Å². The highest BCUT2D eigenvalue weighted by molar-refractivity contribution is 5.91. The van der Waals surface area contributed by atoms with Gasteiger partial charge in [-0.25, -0.2) is 4.79 Å². The minimum absolute atomic E-state index is 0.0637. The molecule has 0 radical (unpaired) electrons. The molecule has 2 aromatic carbocycles. The molecule has 0 spiro atoms. The Morgan fingerprint density at radius 1 is 1.11 bits per heavy atom. The third-order valence-corrected chi connectivity index (χ3v) is 7.82. The summed E-state index contributed by atoms with van der Waals surface area (Å²) in [5, 5.41) is 10.6. The Bertz CT molecular complexity index is 890. The summed E-state index contributed by atoms with van der Waals surface area (Å²) in [6.07, 6.45) is 6.58. The summed E-state index contributed by atoms with van der Waals surface area (Å²) in [7, 11) is 0. The van der Waals surface area contributed by atoms with Gasteiger partial charge >= 0.3 is 5.97 Å². The fourth-order valence-electron chi connectivity index (χ4n) is 6.14. The Morgan fingerprint density at radius 3 is 2.75 bits per heavy atom. The van der Waals surface area contributed by atoms with Crippen LogP contribution in [0.5, 0.6) is 5.75 Å². The molecule has 5 rings (SSSR count). The van der Waals surface area contributed by atoms with Gasteiger partial charge in [-0.05, 0) is 97.1 Å². The third-order valence-electron chi connectivity index (χ3n) is 7.82. The van der Waals surface area contributed by atoms with Crippen molar-refractivity contribution < 1.29 is 14.6 Å². The van der Waals surface area contributed by atoms with E-state index in [-0.39, 0.29) is 17.5 Å². The number of aliphatic hydroxyl groups is 1. The number of ether oxygens (including phenoxy) is 1. The number of carbonyl (C=O) groups is 1. The summed E-state index contributed by atoms with van der Waals surface area (Å²) in [5.41, 5.74) is 3.36. The molecule has 3 nitrogen and oxygen atoms in total. The van der Waals surface area contributed by atoms with Crippen LogP contribution in [0.2, 0.25) is 0 Å². The van der Waals surface area contributed by atoms with E-state index in [0.717, 1.165) is 25.2 Å². The first-order valence-corrected chi connectivity index (χ1v) is 10.6. The Morgan fingerprint density at radius 2 is 1.93 bits per heavy atom. The lowest BCUT2D eigenvalue weighted by atomic mass is 9.56. The van der Waals surface area contributed by atoms with Gasteiger partial charge in [0.15, 0.2) is 0 Å². The number of aliphatic hydroxyl groups excluding tert-OH is 1. The van der Waals surface area contributed by atoms with E-state index in [0.29, 0.717) is 23.1 Å². The summed E-state index contributed by atoms with van der Waals surface area (Å²) in [6, 6.07) is 15.3. The lowest BCUT2D eigenvalue weighted by Gasteiger charge is -2.49. The molecule has 5 atom stereocenters. The predicted molar refractivity (Wildman–Crippen MR) is 108 cm³/mol. The molecule has 0 aromatic heterocycles. The van der Waals surface area contributed by atoms with Crippen molar-refractivity contribution in [2.75, 3.05) is 0 Å². The summed E-state index contributed by atoms with van der Waals surface area (Å²) >= 11 is 0. The molecule has 0 saturated heterocycles. The van der Waals surface area contributed by atoms with Crippen LogP contribution in [0.4, 0.5) is 0 Å². The van der Waals surface area contributed by atoms with Crippen LogP contribution in [0.15, 0.2) is 48.5 Å². The van der Waals surface area contributed by atoms with E-state index in [1.165, 1.54) is 30.4 Å². The molecule has 146 valence electrons. The van der Waals surface area contributed by atoms with Gasteiger partial charge in [-0.1, -0.05) is 31.2 Å². The molecule has 3 aliphatic carbocycles. The average molecular weight is 376 g/mol. The summed E-state index contributed by atoms with van der Waals surface area (Å²) in [6.45, 7) is 2.30. The Balaban J connectivity index is 1.39. The minimum Gasteiger partial charge on any atom is -0.423 e. The Labute approximate surface area is 166 Å². The second-order valence-electron chi connectivity index (χ2n) is 9.26. The molecule has 2 saturated carbocycles. The number of fused-ring (bicyclic) bond motifs is 4. The van der Waals surface area contributed by atoms with E-state index in [1.54, 1.807) is 12.1 Å².